The molecular formula is C14H15N7OS. The third-order valence-electron chi connectivity index (χ3n) is 3.20. The highest BCUT2D eigenvalue weighted by Gasteiger charge is 2.15. The molecule has 8 nitrogen and oxygen atoms in total. The second-order valence-corrected chi connectivity index (χ2v) is 5.59. The van der Waals surface area contributed by atoms with Crippen molar-refractivity contribution in [2.24, 2.45) is 0 Å². The number of urea groups is 1. The summed E-state index contributed by atoms with van der Waals surface area (Å²) in [6, 6.07) is 9.35. The van der Waals surface area contributed by atoms with Crippen molar-refractivity contribution in [3.63, 3.8) is 0 Å². The lowest BCUT2D eigenvalue weighted by Crippen LogP contribution is -2.33. The van der Waals surface area contributed by atoms with Crippen molar-refractivity contribution in [2.75, 3.05) is 5.32 Å². The number of hydrogen-bond donors (Lipinski definition) is 2. The van der Waals surface area contributed by atoms with Crippen molar-refractivity contribution < 1.29 is 4.79 Å². The van der Waals surface area contributed by atoms with Gasteiger partial charge < -0.3 is 5.32 Å². The van der Waals surface area contributed by atoms with Crippen LogP contribution in [-0.2, 0) is 6.54 Å². The van der Waals surface area contributed by atoms with Crippen LogP contribution in [0.3, 0.4) is 0 Å². The first-order valence-electron chi connectivity index (χ1n) is 7.02. The number of aromatic nitrogens is 5. The van der Waals surface area contributed by atoms with Crippen molar-refractivity contribution in [1.82, 2.24) is 30.3 Å². The molecule has 0 bridgehead atoms. The maximum absolute atomic E-state index is 12.1. The lowest BCUT2D eigenvalue weighted by molar-refractivity contribution is 0.247. The lowest BCUT2D eigenvalue weighted by Gasteiger charge is -2.19. The van der Waals surface area contributed by atoms with Crippen LogP contribution in [0.5, 0.6) is 0 Å². The largest absolute Gasteiger partial charge is 0.331 e. The summed E-state index contributed by atoms with van der Waals surface area (Å²) in [5.41, 5.74) is 2.59. The average Bonchev–Trinajstić information content (AvgIpc) is 3.26. The van der Waals surface area contributed by atoms with E-state index in [0.29, 0.717) is 18.1 Å². The first-order valence-corrected chi connectivity index (χ1v) is 7.90. The van der Waals surface area contributed by atoms with Gasteiger partial charge in [0, 0.05) is 6.54 Å². The third-order valence-corrected chi connectivity index (χ3v) is 3.81. The Morgan fingerprint density at radius 2 is 2.17 bits per heavy atom. The zero-order valence-electron chi connectivity index (χ0n) is 12.2. The molecule has 2 amide bonds. The summed E-state index contributed by atoms with van der Waals surface area (Å²) >= 11 is 1.27. The molecular weight excluding hydrogens is 314 g/mol. The number of nitrogens with zero attached hydrogens (tertiary/aromatic N) is 5. The Morgan fingerprint density at radius 3 is 2.87 bits per heavy atom. The summed E-state index contributed by atoms with van der Waals surface area (Å²) in [5.74, 6) is 0. The molecule has 3 aromatic rings. The number of anilines is 1. The Hall–Kier alpha value is -2.81. The zero-order chi connectivity index (χ0) is 15.9. The van der Waals surface area contributed by atoms with E-state index in [9.17, 15) is 4.79 Å². The van der Waals surface area contributed by atoms with Crippen molar-refractivity contribution in [2.45, 2.75) is 19.0 Å². The van der Waals surface area contributed by atoms with Gasteiger partial charge in [-0.3, -0.25) is 10.00 Å². The molecule has 2 N–H and O–H groups in total. The Bertz CT molecular complexity index is 715. The van der Waals surface area contributed by atoms with Crippen molar-refractivity contribution in [3.8, 4) is 0 Å². The standard InChI is InChI=1S/C14H15N7OS/c22-13(19-14-20-16-10-23-14)18-12(11-4-2-1-3-5-11)6-7-21-9-15-8-17-21/h1-5,8-10,12H,6-7H2,(H2,18,19,20,22)/t12-/m0/s1. The SMILES string of the molecule is O=C(Nc1nncs1)N[C@@H](CCn1cncn1)c1ccccc1. The van der Waals surface area contributed by atoms with Crippen molar-refractivity contribution in [3.05, 3.63) is 54.1 Å². The van der Waals surface area contributed by atoms with Crippen LogP contribution < -0.4 is 10.6 Å². The Labute approximate surface area is 136 Å². The molecule has 0 aliphatic carbocycles. The van der Waals surface area contributed by atoms with E-state index in [1.54, 1.807) is 16.5 Å². The number of carbonyl (C=O) groups excluding carboxylic acids is 1. The molecule has 0 radical (unpaired) electrons. The highest BCUT2D eigenvalue weighted by atomic mass is 32.1. The monoisotopic (exact) mass is 329 g/mol. The number of hydrogen-bond acceptors (Lipinski definition) is 6. The van der Waals surface area contributed by atoms with Gasteiger partial charge in [-0.1, -0.05) is 41.7 Å². The van der Waals surface area contributed by atoms with Gasteiger partial charge >= 0.3 is 6.03 Å². The zero-order valence-corrected chi connectivity index (χ0v) is 13.0. The maximum atomic E-state index is 12.1. The first-order chi connectivity index (χ1) is 11.3. The molecule has 0 saturated carbocycles. The van der Waals surface area contributed by atoms with Gasteiger partial charge in [0.1, 0.15) is 18.2 Å². The summed E-state index contributed by atoms with van der Waals surface area (Å²) in [5, 5.41) is 17.7. The number of nitrogens with one attached hydrogen (secondary N) is 2. The van der Waals surface area contributed by atoms with Crippen LogP contribution in [0.4, 0.5) is 9.93 Å². The van der Waals surface area contributed by atoms with E-state index < -0.39 is 0 Å². The smallest absolute Gasteiger partial charge is 0.321 e. The highest BCUT2D eigenvalue weighted by molar-refractivity contribution is 7.13. The van der Waals surface area contributed by atoms with Gasteiger partial charge in [0.05, 0.1) is 6.04 Å². The fourth-order valence-corrected chi connectivity index (χ4v) is 2.58. The fourth-order valence-electron chi connectivity index (χ4n) is 2.14. The Morgan fingerprint density at radius 1 is 1.30 bits per heavy atom. The van der Waals surface area contributed by atoms with Crippen molar-refractivity contribution >= 4 is 22.5 Å². The molecule has 0 aliphatic rings. The minimum atomic E-state index is -0.311. The molecule has 2 heterocycles. The molecule has 1 atom stereocenters. The molecule has 0 fully saturated rings. The van der Waals surface area contributed by atoms with E-state index in [4.69, 9.17) is 0 Å². The second kappa shape index (κ2) is 7.45. The van der Waals surface area contributed by atoms with Crippen LogP contribution in [0.15, 0.2) is 48.5 Å². The molecule has 9 heteroatoms. The van der Waals surface area contributed by atoms with Gasteiger partial charge in [-0.25, -0.2) is 9.78 Å². The Kier molecular flexibility index (Phi) is 4.89. The molecule has 1 aromatic carbocycles. The van der Waals surface area contributed by atoms with Crippen molar-refractivity contribution in [1.29, 1.82) is 0 Å². The van der Waals surface area contributed by atoms with Gasteiger partial charge in [0.2, 0.25) is 5.13 Å². The van der Waals surface area contributed by atoms with E-state index in [-0.39, 0.29) is 12.1 Å². The number of carbonyl (C=O) groups is 1. The van der Waals surface area contributed by atoms with Gasteiger partial charge in [0.15, 0.2) is 0 Å². The summed E-state index contributed by atoms with van der Waals surface area (Å²) in [4.78, 5) is 16.1. The van der Waals surface area contributed by atoms with Crippen LogP contribution in [0.2, 0.25) is 0 Å². The highest BCUT2D eigenvalue weighted by Crippen LogP contribution is 2.18. The molecule has 2 aromatic heterocycles. The fraction of sp³-hybridized carbons (Fsp3) is 0.214. The van der Waals surface area contributed by atoms with E-state index in [2.05, 4.69) is 30.9 Å². The van der Waals surface area contributed by atoms with Gasteiger partial charge in [-0.15, -0.1) is 10.2 Å². The van der Waals surface area contributed by atoms with E-state index in [0.717, 1.165) is 5.56 Å². The van der Waals surface area contributed by atoms with Crippen LogP contribution in [0.1, 0.15) is 18.0 Å². The average molecular weight is 329 g/mol. The van der Waals surface area contributed by atoms with E-state index in [1.165, 1.54) is 17.7 Å². The van der Waals surface area contributed by atoms with Gasteiger partial charge in [0.25, 0.3) is 0 Å². The van der Waals surface area contributed by atoms with Crippen LogP contribution in [0, 0.1) is 0 Å². The third kappa shape index (κ3) is 4.33. The molecule has 0 aliphatic heterocycles. The van der Waals surface area contributed by atoms with E-state index in [1.807, 2.05) is 30.3 Å². The minimum Gasteiger partial charge on any atom is -0.331 e. The van der Waals surface area contributed by atoms with Gasteiger partial charge in [-0.2, -0.15) is 5.10 Å². The van der Waals surface area contributed by atoms with Crippen LogP contribution in [0.25, 0.3) is 0 Å². The molecule has 0 saturated heterocycles. The van der Waals surface area contributed by atoms with Gasteiger partial charge in [-0.05, 0) is 12.0 Å². The summed E-state index contributed by atoms with van der Waals surface area (Å²) in [7, 11) is 0. The first kappa shape index (κ1) is 15.1. The molecule has 118 valence electrons. The molecule has 0 spiro atoms. The quantitative estimate of drug-likeness (QED) is 0.721. The number of benzene rings is 1. The summed E-state index contributed by atoms with van der Waals surface area (Å²) < 4.78 is 1.74. The lowest BCUT2D eigenvalue weighted by atomic mass is 10.0. The minimum absolute atomic E-state index is 0.145. The van der Waals surface area contributed by atoms with E-state index >= 15 is 0 Å². The predicted molar refractivity (Wildman–Crippen MR) is 85.9 cm³/mol. The predicted octanol–water partition coefficient (Wildman–Crippen LogP) is 2.08. The molecule has 3 rings (SSSR count). The van der Waals surface area contributed by atoms with Crippen LogP contribution >= 0.6 is 11.3 Å². The molecule has 23 heavy (non-hydrogen) atoms. The topological polar surface area (TPSA) is 97.6 Å². The summed E-state index contributed by atoms with van der Waals surface area (Å²) in [6.07, 6.45) is 3.84. The molecule has 0 unspecified atom stereocenters. The maximum Gasteiger partial charge on any atom is 0.321 e. The number of amides is 2. The Balaban J connectivity index is 1.65. The van der Waals surface area contributed by atoms with Crippen LogP contribution in [-0.4, -0.2) is 31.0 Å². The summed E-state index contributed by atoms with van der Waals surface area (Å²) in [6.45, 7) is 0.651. The second-order valence-electron chi connectivity index (χ2n) is 4.75. The normalized spacial score (nSPS) is 11.8. The number of rotatable bonds is 6. The number of aryl methyl sites for hydroxylation is 1.